The largest absolute Gasteiger partial charge is 0.484 e. The predicted molar refractivity (Wildman–Crippen MR) is 141 cm³/mol. The van der Waals surface area contributed by atoms with Crippen molar-refractivity contribution >= 4 is 23.4 Å². The van der Waals surface area contributed by atoms with Gasteiger partial charge in [-0.1, -0.05) is 67.1 Å². The number of aryl methyl sites for hydroxylation is 2. The van der Waals surface area contributed by atoms with Gasteiger partial charge in [-0.25, -0.2) is 4.39 Å². The summed E-state index contributed by atoms with van der Waals surface area (Å²) in [5.41, 5.74) is 2.89. The van der Waals surface area contributed by atoms with Crippen LogP contribution in [0, 0.1) is 19.7 Å². The average molecular weight is 511 g/mol. The van der Waals surface area contributed by atoms with Crippen LogP contribution in [0.25, 0.3) is 0 Å². The average Bonchev–Trinajstić information content (AvgIpc) is 2.88. The van der Waals surface area contributed by atoms with Crippen LogP contribution in [0.1, 0.15) is 35.6 Å². The second-order valence-electron chi connectivity index (χ2n) is 8.77. The molecular weight excluding hydrogens is 479 g/mol. The first-order valence-corrected chi connectivity index (χ1v) is 12.4. The van der Waals surface area contributed by atoms with E-state index in [0.29, 0.717) is 22.9 Å². The van der Waals surface area contributed by atoms with Gasteiger partial charge in [0, 0.05) is 30.1 Å². The lowest BCUT2D eigenvalue weighted by Crippen LogP contribution is -2.52. The number of carbonyl (C=O) groups is 2. The summed E-state index contributed by atoms with van der Waals surface area (Å²) in [4.78, 5) is 28.2. The molecule has 0 spiro atoms. The number of benzene rings is 3. The highest BCUT2D eigenvalue weighted by molar-refractivity contribution is 6.32. The van der Waals surface area contributed by atoms with Crippen molar-refractivity contribution in [3.05, 3.63) is 99.8 Å². The van der Waals surface area contributed by atoms with E-state index >= 15 is 0 Å². The number of nitrogens with zero attached hydrogens (tertiary/aromatic N) is 1. The Morgan fingerprint density at radius 1 is 1.03 bits per heavy atom. The molecule has 0 unspecified atom stereocenters. The van der Waals surface area contributed by atoms with Gasteiger partial charge in [0.25, 0.3) is 5.91 Å². The van der Waals surface area contributed by atoms with Crippen LogP contribution in [0.3, 0.4) is 0 Å². The molecule has 3 aromatic rings. The smallest absolute Gasteiger partial charge is 0.261 e. The van der Waals surface area contributed by atoms with Crippen molar-refractivity contribution in [2.45, 2.75) is 46.2 Å². The number of ether oxygens (including phenoxy) is 1. The lowest BCUT2D eigenvalue weighted by molar-refractivity contribution is -0.142. The van der Waals surface area contributed by atoms with Crippen molar-refractivity contribution in [1.82, 2.24) is 10.2 Å². The van der Waals surface area contributed by atoms with Crippen LogP contribution in [-0.4, -0.2) is 35.9 Å². The van der Waals surface area contributed by atoms with Gasteiger partial charge in [-0.15, -0.1) is 0 Å². The monoisotopic (exact) mass is 510 g/mol. The van der Waals surface area contributed by atoms with E-state index in [1.54, 1.807) is 30.3 Å². The van der Waals surface area contributed by atoms with E-state index in [0.717, 1.165) is 23.1 Å². The fraction of sp³-hybridized carbons (Fsp3) is 0.310. The molecule has 0 saturated heterocycles. The maximum absolute atomic E-state index is 14.6. The zero-order valence-corrected chi connectivity index (χ0v) is 21.6. The number of hydrogen-bond donors (Lipinski definition) is 1. The second kappa shape index (κ2) is 13.1. The molecule has 3 aromatic carbocycles. The Labute approximate surface area is 217 Å². The molecule has 0 aromatic heterocycles. The van der Waals surface area contributed by atoms with Crippen LogP contribution in [0.4, 0.5) is 4.39 Å². The molecule has 5 nitrogen and oxygen atoms in total. The summed E-state index contributed by atoms with van der Waals surface area (Å²) < 4.78 is 20.4. The predicted octanol–water partition coefficient (Wildman–Crippen LogP) is 5.64. The number of rotatable bonds is 11. The minimum atomic E-state index is -0.844. The van der Waals surface area contributed by atoms with Crippen LogP contribution in [0.2, 0.25) is 5.02 Å². The Bertz CT molecular complexity index is 1160. The summed E-state index contributed by atoms with van der Waals surface area (Å²) in [6, 6.07) is 18.4. The Morgan fingerprint density at radius 3 is 2.31 bits per heavy atom. The van der Waals surface area contributed by atoms with Crippen LogP contribution in [0.5, 0.6) is 5.75 Å². The summed E-state index contributed by atoms with van der Waals surface area (Å²) in [5.74, 6) is -0.643. The minimum Gasteiger partial charge on any atom is -0.484 e. The molecule has 2 amide bonds. The van der Waals surface area contributed by atoms with Crippen molar-refractivity contribution < 1.29 is 18.7 Å². The normalized spacial score (nSPS) is 11.6. The van der Waals surface area contributed by atoms with Crippen LogP contribution < -0.4 is 10.1 Å². The highest BCUT2D eigenvalue weighted by Gasteiger charge is 2.31. The molecule has 0 bridgehead atoms. The van der Waals surface area contributed by atoms with Gasteiger partial charge in [0.1, 0.15) is 17.6 Å². The zero-order chi connectivity index (χ0) is 26.1. The number of nitrogens with one attached hydrogen (secondary N) is 1. The molecule has 0 aliphatic rings. The first-order chi connectivity index (χ1) is 17.3. The van der Waals surface area contributed by atoms with Gasteiger partial charge in [-0.2, -0.15) is 0 Å². The summed E-state index contributed by atoms with van der Waals surface area (Å²) in [6.07, 6.45) is 1.04. The van der Waals surface area contributed by atoms with Crippen LogP contribution in [0.15, 0.2) is 66.7 Å². The Kier molecular flexibility index (Phi) is 9.88. The molecule has 1 atom stereocenters. The molecule has 7 heteroatoms. The molecule has 0 aliphatic heterocycles. The van der Waals surface area contributed by atoms with Gasteiger partial charge < -0.3 is 15.0 Å². The molecule has 0 fully saturated rings. The number of hydrogen-bond acceptors (Lipinski definition) is 3. The lowest BCUT2D eigenvalue weighted by atomic mass is 10.0. The summed E-state index contributed by atoms with van der Waals surface area (Å²) in [6.45, 7) is 5.79. The Morgan fingerprint density at radius 2 is 1.67 bits per heavy atom. The van der Waals surface area contributed by atoms with Gasteiger partial charge in [-0.3, -0.25) is 9.59 Å². The number of amides is 2. The van der Waals surface area contributed by atoms with Gasteiger partial charge in [0.2, 0.25) is 5.91 Å². The first-order valence-electron chi connectivity index (χ1n) is 12.0. The highest BCUT2D eigenvalue weighted by Crippen LogP contribution is 2.26. The molecule has 0 saturated carbocycles. The third kappa shape index (κ3) is 7.31. The van der Waals surface area contributed by atoms with Crippen molar-refractivity contribution in [3.63, 3.8) is 0 Å². The van der Waals surface area contributed by atoms with Crippen molar-refractivity contribution in [2.75, 3.05) is 13.2 Å². The molecule has 0 aliphatic carbocycles. The maximum Gasteiger partial charge on any atom is 0.261 e. The zero-order valence-electron chi connectivity index (χ0n) is 20.9. The van der Waals surface area contributed by atoms with Gasteiger partial charge in [0.15, 0.2) is 6.61 Å². The Hall–Kier alpha value is -3.38. The maximum atomic E-state index is 14.6. The standard InChI is InChI=1S/C29H32ClFN2O3/c1-4-14-32-29(35)26(17-22-10-6-5-7-11-22)33(18-23-12-8-9-13-25(23)31)27(34)19-36-24-15-20(2)28(30)21(3)16-24/h5-13,15-16,26H,4,14,17-19H2,1-3H3,(H,32,35)/t26-/m1/s1. The number of halogens is 2. The number of carbonyl (C=O) groups excluding carboxylic acids is 2. The van der Waals surface area contributed by atoms with Gasteiger partial charge >= 0.3 is 0 Å². The van der Waals surface area contributed by atoms with Crippen molar-refractivity contribution in [3.8, 4) is 5.75 Å². The SMILES string of the molecule is CCCNC(=O)[C@@H](Cc1ccccc1)N(Cc1ccccc1F)C(=O)COc1cc(C)c(Cl)c(C)c1. The van der Waals surface area contributed by atoms with Crippen LogP contribution >= 0.6 is 11.6 Å². The van der Waals surface area contributed by atoms with Crippen molar-refractivity contribution in [1.29, 1.82) is 0 Å². The highest BCUT2D eigenvalue weighted by atomic mass is 35.5. The summed E-state index contributed by atoms with van der Waals surface area (Å²) in [7, 11) is 0. The van der Waals surface area contributed by atoms with Crippen molar-refractivity contribution in [2.24, 2.45) is 0 Å². The van der Waals surface area contributed by atoms with E-state index in [4.69, 9.17) is 16.3 Å². The van der Waals surface area contributed by atoms with Gasteiger partial charge in [0.05, 0.1) is 0 Å². The first kappa shape index (κ1) is 27.2. The fourth-order valence-corrected chi connectivity index (χ4v) is 4.06. The van der Waals surface area contributed by atoms with E-state index < -0.39 is 17.8 Å². The van der Waals surface area contributed by atoms with E-state index in [9.17, 15) is 14.0 Å². The van der Waals surface area contributed by atoms with E-state index in [-0.39, 0.29) is 25.5 Å². The van der Waals surface area contributed by atoms with E-state index in [2.05, 4.69) is 5.32 Å². The topological polar surface area (TPSA) is 58.6 Å². The minimum absolute atomic E-state index is 0.0649. The Balaban J connectivity index is 1.92. The summed E-state index contributed by atoms with van der Waals surface area (Å²) >= 11 is 6.25. The van der Waals surface area contributed by atoms with E-state index in [1.165, 1.54) is 11.0 Å². The quantitative estimate of drug-likeness (QED) is 0.363. The van der Waals surface area contributed by atoms with Gasteiger partial charge in [-0.05, 0) is 55.2 Å². The molecule has 190 valence electrons. The van der Waals surface area contributed by atoms with E-state index in [1.807, 2.05) is 51.1 Å². The molecule has 1 N–H and O–H groups in total. The molecule has 3 rings (SSSR count). The third-order valence-electron chi connectivity index (χ3n) is 5.89. The molecule has 0 radical (unpaired) electrons. The van der Waals surface area contributed by atoms with Crippen LogP contribution in [-0.2, 0) is 22.6 Å². The lowest BCUT2D eigenvalue weighted by Gasteiger charge is -2.31. The molecule has 0 heterocycles. The third-order valence-corrected chi connectivity index (χ3v) is 6.49. The summed E-state index contributed by atoms with van der Waals surface area (Å²) in [5, 5.41) is 3.55. The fourth-order valence-electron chi connectivity index (χ4n) is 3.95. The molecular formula is C29H32ClFN2O3. The molecule has 36 heavy (non-hydrogen) atoms. The second-order valence-corrected chi connectivity index (χ2v) is 9.15.